The minimum atomic E-state index is 0.632. The topological polar surface area (TPSA) is 61.6 Å². The highest BCUT2D eigenvalue weighted by Gasteiger charge is 2.17. The van der Waals surface area contributed by atoms with E-state index >= 15 is 0 Å². The molecule has 2 heterocycles. The standard InChI is InChI=1S/C16H12N4S/c17-9-10-8-15(18-12-5-2-1-4-11(10)12)20-16-19-13-6-3-7-14(13)21-16/h1-2,4-5,8H,3,6-7H2,(H,18,19,20). The number of pyridine rings is 1. The zero-order valence-electron chi connectivity index (χ0n) is 11.3. The second-order valence-corrected chi connectivity index (χ2v) is 6.14. The predicted molar refractivity (Wildman–Crippen MR) is 83.9 cm³/mol. The fourth-order valence-corrected chi connectivity index (χ4v) is 3.74. The molecule has 5 heteroatoms. The van der Waals surface area contributed by atoms with Crippen LogP contribution < -0.4 is 5.32 Å². The maximum Gasteiger partial charge on any atom is 0.188 e. The Labute approximate surface area is 126 Å². The average molecular weight is 292 g/mol. The van der Waals surface area contributed by atoms with Crippen LogP contribution in [0.15, 0.2) is 30.3 Å². The third kappa shape index (κ3) is 2.14. The van der Waals surface area contributed by atoms with Crippen LogP contribution in [-0.4, -0.2) is 9.97 Å². The number of thiazole rings is 1. The van der Waals surface area contributed by atoms with Crippen LogP contribution in [0, 0.1) is 11.3 Å². The fraction of sp³-hybridized carbons (Fsp3) is 0.188. The monoisotopic (exact) mass is 292 g/mol. The van der Waals surface area contributed by atoms with Crippen molar-refractivity contribution >= 4 is 33.2 Å². The van der Waals surface area contributed by atoms with Crippen LogP contribution in [0.2, 0.25) is 0 Å². The van der Waals surface area contributed by atoms with Gasteiger partial charge < -0.3 is 5.32 Å². The van der Waals surface area contributed by atoms with Crippen LogP contribution in [0.4, 0.5) is 10.9 Å². The van der Waals surface area contributed by atoms with Gasteiger partial charge in [-0.05, 0) is 31.4 Å². The number of nitriles is 1. The van der Waals surface area contributed by atoms with Crippen molar-refractivity contribution < 1.29 is 0 Å². The van der Waals surface area contributed by atoms with Gasteiger partial charge in [0.1, 0.15) is 5.82 Å². The number of hydrogen-bond acceptors (Lipinski definition) is 5. The molecular weight excluding hydrogens is 280 g/mol. The van der Waals surface area contributed by atoms with Crippen LogP contribution in [0.1, 0.15) is 22.6 Å². The first-order chi connectivity index (χ1) is 10.3. The summed E-state index contributed by atoms with van der Waals surface area (Å²) < 4.78 is 0. The molecule has 2 aromatic heterocycles. The Hall–Kier alpha value is -2.45. The second-order valence-electron chi connectivity index (χ2n) is 5.05. The van der Waals surface area contributed by atoms with Gasteiger partial charge in [0.25, 0.3) is 0 Å². The summed E-state index contributed by atoms with van der Waals surface area (Å²) in [7, 11) is 0. The molecule has 1 N–H and O–H groups in total. The summed E-state index contributed by atoms with van der Waals surface area (Å²) >= 11 is 1.69. The van der Waals surface area contributed by atoms with Gasteiger partial charge in [-0.3, -0.25) is 0 Å². The van der Waals surface area contributed by atoms with Crippen molar-refractivity contribution in [3.05, 3.63) is 46.5 Å². The van der Waals surface area contributed by atoms with E-state index < -0.39 is 0 Å². The fourth-order valence-electron chi connectivity index (χ4n) is 2.69. The van der Waals surface area contributed by atoms with E-state index in [2.05, 4.69) is 21.4 Å². The normalized spacial score (nSPS) is 13.1. The molecule has 1 aliphatic rings. The highest BCUT2D eigenvalue weighted by Crippen LogP contribution is 2.32. The summed E-state index contributed by atoms with van der Waals surface area (Å²) in [4.78, 5) is 10.5. The molecule has 1 aliphatic carbocycles. The predicted octanol–water partition coefficient (Wildman–Crippen LogP) is 3.80. The van der Waals surface area contributed by atoms with Crippen molar-refractivity contribution in [2.45, 2.75) is 19.3 Å². The third-order valence-corrected chi connectivity index (χ3v) is 4.74. The Morgan fingerprint density at radius 2 is 2.10 bits per heavy atom. The maximum atomic E-state index is 9.30. The highest BCUT2D eigenvalue weighted by atomic mass is 32.1. The van der Waals surface area contributed by atoms with Crippen molar-refractivity contribution in [1.29, 1.82) is 5.26 Å². The van der Waals surface area contributed by atoms with E-state index in [1.807, 2.05) is 24.3 Å². The number of rotatable bonds is 2. The molecule has 0 radical (unpaired) electrons. The Morgan fingerprint density at radius 3 is 2.95 bits per heavy atom. The number of nitrogens with zero attached hydrogens (tertiary/aromatic N) is 3. The number of hydrogen-bond donors (Lipinski definition) is 1. The average Bonchev–Trinajstić information content (AvgIpc) is 3.07. The van der Waals surface area contributed by atoms with Crippen molar-refractivity contribution in [3.8, 4) is 6.07 Å². The first-order valence-corrected chi connectivity index (χ1v) is 7.70. The number of aromatic nitrogens is 2. The summed E-state index contributed by atoms with van der Waals surface area (Å²) in [5.74, 6) is 0.678. The van der Waals surface area contributed by atoms with E-state index in [1.165, 1.54) is 17.0 Å². The van der Waals surface area contributed by atoms with E-state index in [4.69, 9.17) is 0 Å². The van der Waals surface area contributed by atoms with Crippen molar-refractivity contribution in [1.82, 2.24) is 9.97 Å². The quantitative estimate of drug-likeness (QED) is 0.780. The van der Waals surface area contributed by atoms with Gasteiger partial charge in [-0.25, -0.2) is 9.97 Å². The first-order valence-electron chi connectivity index (χ1n) is 6.89. The summed E-state index contributed by atoms with van der Waals surface area (Å²) in [5, 5.41) is 14.3. The van der Waals surface area contributed by atoms with Crippen LogP contribution in [0.25, 0.3) is 10.9 Å². The van der Waals surface area contributed by atoms with Crippen LogP contribution in [-0.2, 0) is 12.8 Å². The van der Waals surface area contributed by atoms with Gasteiger partial charge in [0.2, 0.25) is 0 Å². The molecular formula is C16H12N4S. The molecule has 3 aromatic rings. The Morgan fingerprint density at radius 1 is 1.19 bits per heavy atom. The van der Waals surface area contributed by atoms with Crippen LogP contribution in [0.5, 0.6) is 0 Å². The first kappa shape index (κ1) is 12.3. The molecule has 0 atom stereocenters. The lowest BCUT2D eigenvalue weighted by molar-refractivity contribution is 0.900. The number of anilines is 2. The summed E-state index contributed by atoms with van der Waals surface area (Å²) in [6.45, 7) is 0. The molecule has 0 amide bonds. The van der Waals surface area contributed by atoms with Crippen molar-refractivity contribution in [2.75, 3.05) is 5.32 Å². The molecule has 1 aromatic carbocycles. The summed E-state index contributed by atoms with van der Waals surface area (Å²) in [6, 6.07) is 11.7. The minimum absolute atomic E-state index is 0.632. The number of para-hydroxylation sites is 1. The molecule has 0 unspecified atom stereocenters. The van der Waals surface area contributed by atoms with Gasteiger partial charge in [-0.2, -0.15) is 5.26 Å². The molecule has 0 spiro atoms. The zero-order chi connectivity index (χ0) is 14.2. The van der Waals surface area contributed by atoms with Gasteiger partial charge in [0, 0.05) is 10.3 Å². The van der Waals surface area contributed by atoms with Crippen molar-refractivity contribution in [3.63, 3.8) is 0 Å². The lowest BCUT2D eigenvalue weighted by Crippen LogP contribution is -1.95. The smallest absolute Gasteiger partial charge is 0.188 e. The third-order valence-electron chi connectivity index (χ3n) is 3.67. The minimum Gasteiger partial charge on any atom is -0.316 e. The van der Waals surface area contributed by atoms with Gasteiger partial charge >= 0.3 is 0 Å². The molecule has 4 rings (SSSR count). The highest BCUT2D eigenvalue weighted by molar-refractivity contribution is 7.15. The van der Waals surface area contributed by atoms with Gasteiger partial charge in [0.05, 0.1) is 22.8 Å². The molecule has 21 heavy (non-hydrogen) atoms. The lowest BCUT2D eigenvalue weighted by atomic mass is 10.1. The van der Waals surface area contributed by atoms with Gasteiger partial charge in [-0.15, -0.1) is 11.3 Å². The lowest BCUT2D eigenvalue weighted by Gasteiger charge is -2.05. The number of fused-ring (bicyclic) bond motifs is 2. The Balaban J connectivity index is 1.74. The number of benzene rings is 1. The van der Waals surface area contributed by atoms with E-state index in [0.717, 1.165) is 28.9 Å². The van der Waals surface area contributed by atoms with E-state index in [-0.39, 0.29) is 0 Å². The van der Waals surface area contributed by atoms with Crippen LogP contribution >= 0.6 is 11.3 Å². The molecule has 0 saturated heterocycles. The number of aryl methyl sites for hydroxylation is 2. The van der Waals surface area contributed by atoms with E-state index in [0.29, 0.717) is 11.4 Å². The van der Waals surface area contributed by atoms with Crippen LogP contribution in [0.3, 0.4) is 0 Å². The molecule has 102 valence electrons. The molecule has 4 nitrogen and oxygen atoms in total. The Bertz CT molecular complexity index is 854. The largest absolute Gasteiger partial charge is 0.316 e. The number of nitrogens with one attached hydrogen (secondary N) is 1. The summed E-state index contributed by atoms with van der Waals surface area (Å²) in [6.07, 6.45) is 3.41. The van der Waals surface area contributed by atoms with E-state index in [9.17, 15) is 5.26 Å². The Kier molecular flexibility index (Phi) is 2.83. The van der Waals surface area contributed by atoms with Crippen molar-refractivity contribution in [2.24, 2.45) is 0 Å². The maximum absolute atomic E-state index is 9.30. The van der Waals surface area contributed by atoms with E-state index in [1.54, 1.807) is 17.4 Å². The summed E-state index contributed by atoms with van der Waals surface area (Å²) in [5.41, 5.74) is 2.67. The molecule has 0 fully saturated rings. The molecule has 0 bridgehead atoms. The molecule has 0 saturated carbocycles. The SMILES string of the molecule is N#Cc1cc(Nc2nc3c(s2)CCC3)nc2ccccc12. The van der Waals surface area contributed by atoms with Gasteiger partial charge in [0.15, 0.2) is 5.13 Å². The van der Waals surface area contributed by atoms with Gasteiger partial charge in [-0.1, -0.05) is 18.2 Å². The second kappa shape index (κ2) is 4.83. The molecule has 0 aliphatic heterocycles. The zero-order valence-corrected chi connectivity index (χ0v) is 12.1.